The van der Waals surface area contributed by atoms with Gasteiger partial charge < -0.3 is 9.64 Å². The van der Waals surface area contributed by atoms with Crippen LogP contribution in [-0.2, 0) is 5.41 Å². The average Bonchev–Trinajstić information content (AvgIpc) is 3.58. The molecule has 0 bridgehead atoms. The van der Waals surface area contributed by atoms with Crippen LogP contribution in [-0.4, -0.2) is 0 Å². The van der Waals surface area contributed by atoms with Crippen LogP contribution in [0.25, 0.3) is 44.5 Å². The first kappa shape index (κ1) is 33.0. The van der Waals surface area contributed by atoms with Crippen LogP contribution in [0.4, 0.5) is 17.1 Å². The molecule has 0 aromatic heterocycles. The molecule has 9 aromatic rings. The third kappa shape index (κ3) is 5.33. The van der Waals surface area contributed by atoms with Crippen molar-refractivity contribution in [2.24, 2.45) is 0 Å². The first-order valence-corrected chi connectivity index (χ1v) is 19.6. The van der Waals surface area contributed by atoms with Crippen molar-refractivity contribution in [3.63, 3.8) is 0 Å². The van der Waals surface area contributed by atoms with Gasteiger partial charge in [-0.3, -0.25) is 0 Å². The van der Waals surface area contributed by atoms with E-state index in [-0.39, 0.29) is 0 Å². The lowest BCUT2D eigenvalue weighted by molar-refractivity contribution is 0.436. The zero-order valence-corrected chi connectivity index (χ0v) is 31.2. The summed E-state index contributed by atoms with van der Waals surface area (Å²) in [4.78, 5) is 2.35. The average molecular weight is 728 g/mol. The minimum Gasteiger partial charge on any atom is -0.457 e. The van der Waals surface area contributed by atoms with Gasteiger partial charge in [0.15, 0.2) is 0 Å². The Morgan fingerprint density at radius 2 is 0.719 bits per heavy atom. The van der Waals surface area contributed by atoms with E-state index in [0.717, 1.165) is 39.7 Å². The number of ether oxygens (including phenoxy) is 1. The zero-order chi connectivity index (χ0) is 37.8. The van der Waals surface area contributed by atoms with E-state index in [2.05, 4.69) is 229 Å². The van der Waals surface area contributed by atoms with Crippen LogP contribution in [0.15, 0.2) is 224 Å². The summed E-state index contributed by atoms with van der Waals surface area (Å²) in [6, 6.07) is 80.8. The van der Waals surface area contributed by atoms with Gasteiger partial charge in [-0.05, 0) is 92.0 Å². The molecule has 9 aromatic carbocycles. The zero-order valence-electron chi connectivity index (χ0n) is 31.2. The number of hydrogen-bond acceptors (Lipinski definition) is 2. The van der Waals surface area contributed by atoms with Gasteiger partial charge in [-0.2, -0.15) is 0 Å². The van der Waals surface area contributed by atoms with E-state index in [1.165, 1.54) is 55.6 Å². The summed E-state index contributed by atoms with van der Waals surface area (Å²) in [5.41, 5.74) is 17.2. The molecule has 0 atom stereocenters. The number of benzene rings is 9. The minimum absolute atomic E-state index is 0.508. The number of nitrogens with zero attached hydrogens (tertiary/aromatic N) is 1. The van der Waals surface area contributed by atoms with Crippen LogP contribution in [0.2, 0.25) is 0 Å². The molecule has 0 amide bonds. The molecule has 2 nitrogen and oxygen atoms in total. The van der Waals surface area contributed by atoms with Gasteiger partial charge in [0.25, 0.3) is 0 Å². The normalized spacial score (nSPS) is 12.8. The van der Waals surface area contributed by atoms with Crippen LogP contribution < -0.4 is 9.64 Å². The Labute approximate surface area is 333 Å². The van der Waals surface area contributed by atoms with E-state index in [9.17, 15) is 0 Å². The maximum absolute atomic E-state index is 6.94. The molecule has 0 radical (unpaired) electrons. The molecule has 1 heterocycles. The van der Waals surface area contributed by atoms with Crippen molar-refractivity contribution < 1.29 is 4.74 Å². The molecular weight excluding hydrogens is 691 g/mol. The largest absolute Gasteiger partial charge is 0.457 e. The predicted octanol–water partition coefficient (Wildman–Crippen LogP) is 14.6. The number of rotatable bonds is 6. The fourth-order valence-electron chi connectivity index (χ4n) is 9.18. The number of anilines is 3. The molecule has 268 valence electrons. The highest BCUT2D eigenvalue weighted by Crippen LogP contribution is 2.62. The van der Waals surface area contributed by atoms with E-state index in [1.54, 1.807) is 0 Å². The lowest BCUT2D eigenvalue weighted by Gasteiger charge is -2.40. The van der Waals surface area contributed by atoms with E-state index in [0.29, 0.717) is 0 Å². The molecule has 11 rings (SSSR count). The van der Waals surface area contributed by atoms with Crippen LogP contribution in [0.5, 0.6) is 11.5 Å². The quantitative estimate of drug-likeness (QED) is 0.169. The first-order chi connectivity index (χ1) is 28.3. The Morgan fingerprint density at radius 3 is 1.35 bits per heavy atom. The Hall–Kier alpha value is -7.42. The van der Waals surface area contributed by atoms with Crippen molar-refractivity contribution in [3.8, 4) is 56.0 Å². The molecule has 1 aliphatic heterocycles. The lowest BCUT2D eigenvalue weighted by Crippen LogP contribution is -2.32. The molecule has 1 spiro atoms. The summed E-state index contributed by atoms with van der Waals surface area (Å²) < 4.78 is 6.94. The Bertz CT molecular complexity index is 2870. The maximum atomic E-state index is 6.94. The molecule has 0 N–H and O–H groups in total. The molecule has 0 saturated carbocycles. The van der Waals surface area contributed by atoms with E-state index in [1.807, 2.05) is 0 Å². The Morgan fingerprint density at radius 1 is 0.281 bits per heavy atom. The van der Waals surface area contributed by atoms with Crippen LogP contribution in [0.3, 0.4) is 0 Å². The second kappa shape index (κ2) is 13.4. The first-order valence-electron chi connectivity index (χ1n) is 19.6. The highest BCUT2D eigenvalue weighted by Gasteiger charge is 2.51. The van der Waals surface area contributed by atoms with E-state index in [4.69, 9.17) is 4.74 Å². The second-order valence-electron chi connectivity index (χ2n) is 14.9. The molecular formula is C55H37NO. The maximum Gasteiger partial charge on any atom is 0.134 e. The van der Waals surface area contributed by atoms with Crippen molar-refractivity contribution >= 4 is 17.1 Å². The van der Waals surface area contributed by atoms with Gasteiger partial charge in [-0.25, -0.2) is 0 Å². The van der Waals surface area contributed by atoms with Crippen LogP contribution in [0.1, 0.15) is 22.3 Å². The highest BCUT2D eigenvalue weighted by molar-refractivity contribution is 5.90. The fraction of sp³-hybridized carbons (Fsp3) is 0.0182. The monoisotopic (exact) mass is 727 g/mol. The molecule has 0 saturated heterocycles. The number of hydrogen-bond donors (Lipinski definition) is 0. The Balaban J connectivity index is 1.06. The topological polar surface area (TPSA) is 12.5 Å². The molecule has 0 fully saturated rings. The van der Waals surface area contributed by atoms with Gasteiger partial charge in [0, 0.05) is 34.3 Å². The van der Waals surface area contributed by atoms with Crippen LogP contribution >= 0.6 is 0 Å². The fourth-order valence-corrected chi connectivity index (χ4v) is 9.18. The van der Waals surface area contributed by atoms with Gasteiger partial charge in [0.1, 0.15) is 11.5 Å². The predicted molar refractivity (Wildman–Crippen MR) is 235 cm³/mol. The highest BCUT2D eigenvalue weighted by atomic mass is 16.5. The van der Waals surface area contributed by atoms with E-state index >= 15 is 0 Å². The molecule has 0 unspecified atom stereocenters. The summed E-state index contributed by atoms with van der Waals surface area (Å²) in [6.07, 6.45) is 0. The van der Waals surface area contributed by atoms with Gasteiger partial charge in [-0.15, -0.1) is 0 Å². The van der Waals surface area contributed by atoms with Crippen molar-refractivity contribution in [3.05, 3.63) is 247 Å². The van der Waals surface area contributed by atoms with Crippen molar-refractivity contribution in [1.29, 1.82) is 0 Å². The van der Waals surface area contributed by atoms with Gasteiger partial charge in [0.05, 0.1) is 5.41 Å². The molecule has 2 heteroatoms. The Kier molecular flexibility index (Phi) is 7.75. The summed E-state index contributed by atoms with van der Waals surface area (Å²) >= 11 is 0. The number of fused-ring (bicyclic) bond motifs is 9. The SMILES string of the molecule is c1ccc(-c2ccc(-c3ccc(N(c4cccc(-c5ccccc5)c4)c4ccc5c(c4)Oc4ccccc4C54c5ccccc5-c5ccccc54)cc3)cc2)cc1. The van der Waals surface area contributed by atoms with Crippen molar-refractivity contribution in [2.45, 2.75) is 5.41 Å². The van der Waals surface area contributed by atoms with Gasteiger partial charge in [-0.1, -0.05) is 182 Å². The smallest absolute Gasteiger partial charge is 0.134 e. The minimum atomic E-state index is -0.508. The van der Waals surface area contributed by atoms with Crippen molar-refractivity contribution in [2.75, 3.05) is 4.90 Å². The second-order valence-corrected chi connectivity index (χ2v) is 14.9. The molecule has 2 aliphatic rings. The van der Waals surface area contributed by atoms with Gasteiger partial charge >= 0.3 is 0 Å². The van der Waals surface area contributed by atoms with Crippen LogP contribution in [0, 0.1) is 0 Å². The third-order valence-electron chi connectivity index (χ3n) is 11.8. The summed E-state index contributed by atoms with van der Waals surface area (Å²) in [5.74, 6) is 1.74. The standard InChI is InChI=1S/C55H37NO/c1-3-14-38(15-4-1)40-26-28-41(29-27-40)42-30-32-44(33-31-42)56(45-19-13-18-43(36-45)39-16-5-2-6-17-39)46-34-35-52-54(37-46)57-53-25-12-11-24-51(53)55(52)49-22-9-7-20-47(49)48-21-8-10-23-50(48)55/h1-37H. The lowest BCUT2D eigenvalue weighted by atomic mass is 9.66. The molecule has 1 aliphatic carbocycles. The van der Waals surface area contributed by atoms with Crippen molar-refractivity contribution in [1.82, 2.24) is 0 Å². The van der Waals surface area contributed by atoms with E-state index < -0.39 is 5.41 Å². The summed E-state index contributed by atoms with van der Waals surface area (Å²) in [5, 5.41) is 0. The third-order valence-corrected chi connectivity index (χ3v) is 11.8. The summed E-state index contributed by atoms with van der Waals surface area (Å²) in [7, 11) is 0. The molecule has 57 heavy (non-hydrogen) atoms. The summed E-state index contributed by atoms with van der Waals surface area (Å²) in [6.45, 7) is 0. The number of para-hydroxylation sites is 1. The van der Waals surface area contributed by atoms with Gasteiger partial charge in [0.2, 0.25) is 0 Å².